The van der Waals surface area contributed by atoms with Crippen molar-refractivity contribution in [1.29, 1.82) is 0 Å². The minimum Gasteiger partial charge on any atom is -0.478 e. The number of carbonyl (C=O) groups excluding carboxylic acids is 1. The number of esters is 1. The van der Waals surface area contributed by atoms with Crippen LogP contribution in [-0.2, 0) is 14.3 Å². The van der Waals surface area contributed by atoms with Gasteiger partial charge >= 0.3 is 5.97 Å². The molecule has 0 aromatic carbocycles. The van der Waals surface area contributed by atoms with E-state index in [2.05, 4.69) is 20.8 Å². The molecule has 0 aliphatic heterocycles. The zero-order valence-electron chi connectivity index (χ0n) is 9.66. The molecule has 15 heavy (non-hydrogen) atoms. The summed E-state index contributed by atoms with van der Waals surface area (Å²) in [6.07, 6.45) is 0. The Hall–Kier alpha value is -0.290. The summed E-state index contributed by atoms with van der Waals surface area (Å²) < 4.78 is 10.5. The lowest BCUT2D eigenvalue weighted by atomic mass is 9.99. The molecule has 0 aromatic rings. The van der Waals surface area contributed by atoms with Gasteiger partial charge in [0.1, 0.15) is 0 Å². The van der Waals surface area contributed by atoms with Crippen LogP contribution in [0.4, 0.5) is 0 Å². The lowest BCUT2D eigenvalue weighted by molar-refractivity contribution is -0.139. The predicted octanol–water partition coefficient (Wildman–Crippen LogP) is 2.63. The van der Waals surface area contributed by atoms with Crippen LogP contribution in [-0.4, -0.2) is 29.3 Å². The second-order valence-electron chi connectivity index (χ2n) is 4.19. The zero-order valence-corrected chi connectivity index (χ0v) is 11.3. The molecule has 0 radical (unpaired) electrons. The van der Waals surface area contributed by atoms with Gasteiger partial charge in [0.05, 0.1) is 19.0 Å². The van der Waals surface area contributed by atoms with E-state index in [0.29, 0.717) is 17.6 Å². The Morgan fingerprint density at radius 1 is 1.33 bits per heavy atom. The third-order valence-electron chi connectivity index (χ3n) is 1.24. The summed E-state index contributed by atoms with van der Waals surface area (Å²) >= 11 is 6.16. The van der Waals surface area contributed by atoms with Gasteiger partial charge in [-0.05, 0) is 24.6 Å². The fourth-order valence-corrected chi connectivity index (χ4v) is 1.33. The molecule has 0 aromatic heterocycles. The lowest BCUT2D eigenvalue weighted by Crippen LogP contribution is -2.17. The van der Waals surface area contributed by atoms with E-state index in [1.165, 1.54) is 11.8 Å². The maximum Gasteiger partial charge on any atom is 0.316 e. The molecular formula is C10H18O3S2. The van der Waals surface area contributed by atoms with Crippen LogP contribution >= 0.6 is 24.0 Å². The number of hydrogen-bond acceptors (Lipinski definition) is 5. The number of hydrogen-bond donors (Lipinski definition) is 0. The fourth-order valence-electron chi connectivity index (χ4n) is 0.638. The summed E-state index contributed by atoms with van der Waals surface area (Å²) in [5.41, 5.74) is 0.0779. The van der Waals surface area contributed by atoms with Gasteiger partial charge in [0, 0.05) is 0 Å². The van der Waals surface area contributed by atoms with Crippen LogP contribution in [0.25, 0.3) is 0 Å². The van der Waals surface area contributed by atoms with Gasteiger partial charge in [0.25, 0.3) is 0 Å². The van der Waals surface area contributed by atoms with E-state index in [-0.39, 0.29) is 17.1 Å². The summed E-state index contributed by atoms with van der Waals surface area (Å²) in [5.74, 6) is -0.0409. The van der Waals surface area contributed by atoms with E-state index < -0.39 is 0 Å². The van der Waals surface area contributed by atoms with Crippen molar-refractivity contribution in [2.75, 3.05) is 19.0 Å². The average Bonchev–Trinajstić information content (AvgIpc) is 2.11. The molecule has 88 valence electrons. The van der Waals surface area contributed by atoms with E-state index in [0.717, 1.165) is 0 Å². The minimum absolute atomic E-state index is 0.0779. The van der Waals surface area contributed by atoms with Crippen LogP contribution in [0.1, 0.15) is 27.7 Å². The van der Waals surface area contributed by atoms with Crippen LogP contribution in [0, 0.1) is 5.41 Å². The van der Waals surface area contributed by atoms with Crippen molar-refractivity contribution in [3.05, 3.63) is 0 Å². The number of rotatable bonds is 4. The highest BCUT2D eigenvalue weighted by molar-refractivity contribution is 8.23. The van der Waals surface area contributed by atoms with Crippen LogP contribution in [0.15, 0.2) is 0 Å². The third kappa shape index (κ3) is 10.0. The molecule has 0 bridgehead atoms. The maximum absolute atomic E-state index is 11.0. The normalized spacial score (nSPS) is 10.9. The molecule has 0 saturated heterocycles. The van der Waals surface area contributed by atoms with Gasteiger partial charge in [-0.3, -0.25) is 4.79 Å². The Kier molecular flexibility index (Phi) is 6.92. The molecule has 0 spiro atoms. The number of ether oxygens (including phenoxy) is 2. The topological polar surface area (TPSA) is 35.5 Å². The molecule has 0 rings (SSSR count). The molecule has 0 aliphatic rings. The molecule has 0 fully saturated rings. The van der Waals surface area contributed by atoms with Crippen molar-refractivity contribution >= 4 is 34.3 Å². The van der Waals surface area contributed by atoms with Gasteiger partial charge < -0.3 is 9.47 Å². The predicted molar refractivity (Wildman–Crippen MR) is 67.1 cm³/mol. The molecule has 0 unspecified atom stereocenters. The van der Waals surface area contributed by atoms with E-state index in [9.17, 15) is 4.79 Å². The minimum atomic E-state index is -0.260. The second-order valence-corrected chi connectivity index (χ2v) is 5.77. The van der Waals surface area contributed by atoms with Gasteiger partial charge in [-0.1, -0.05) is 32.5 Å². The Labute approximate surface area is 101 Å². The van der Waals surface area contributed by atoms with Crippen LogP contribution < -0.4 is 0 Å². The highest BCUT2D eigenvalue weighted by Gasteiger charge is 2.13. The molecule has 0 aliphatic carbocycles. The Bertz CT molecular complexity index is 221. The van der Waals surface area contributed by atoms with Crippen LogP contribution in [0.3, 0.4) is 0 Å². The number of thiocarbonyl (C=S) groups is 1. The first-order chi connectivity index (χ1) is 6.85. The smallest absolute Gasteiger partial charge is 0.316 e. The summed E-state index contributed by atoms with van der Waals surface area (Å²) in [4.78, 5) is 11.0. The van der Waals surface area contributed by atoms with Gasteiger partial charge in [-0.25, -0.2) is 0 Å². The first-order valence-electron chi connectivity index (χ1n) is 4.80. The average molecular weight is 250 g/mol. The second kappa shape index (κ2) is 7.06. The van der Waals surface area contributed by atoms with Crippen molar-refractivity contribution in [2.45, 2.75) is 27.7 Å². The highest BCUT2D eigenvalue weighted by Crippen LogP contribution is 2.16. The first kappa shape index (κ1) is 14.7. The summed E-state index contributed by atoms with van der Waals surface area (Å²) in [7, 11) is 0. The van der Waals surface area contributed by atoms with Crippen molar-refractivity contribution in [3.63, 3.8) is 0 Å². The van der Waals surface area contributed by atoms with Gasteiger partial charge in [-0.15, -0.1) is 0 Å². The lowest BCUT2D eigenvalue weighted by Gasteiger charge is -2.18. The SMILES string of the molecule is CCOC(=O)CSC(=S)OCC(C)(C)C. The van der Waals surface area contributed by atoms with Crippen molar-refractivity contribution in [1.82, 2.24) is 0 Å². The van der Waals surface area contributed by atoms with Crippen molar-refractivity contribution in [3.8, 4) is 0 Å². The van der Waals surface area contributed by atoms with Gasteiger partial charge in [0.2, 0.25) is 4.38 Å². The summed E-state index contributed by atoms with van der Waals surface area (Å²) in [5, 5.41) is 0. The highest BCUT2D eigenvalue weighted by atomic mass is 32.2. The molecule has 3 nitrogen and oxygen atoms in total. The molecule has 5 heteroatoms. The zero-order chi connectivity index (χ0) is 11.9. The molecule has 0 heterocycles. The van der Waals surface area contributed by atoms with E-state index in [1.54, 1.807) is 6.92 Å². The van der Waals surface area contributed by atoms with Crippen molar-refractivity contribution < 1.29 is 14.3 Å². The van der Waals surface area contributed by atoms with E-state index in [4.69, 9.17) is 21.7 Å². The Morgan fingerprint density at radius 3 is 2.40 bits per heavy atom. The van der Waals surface area contributed by atoms with E-state index in [1.807, 2.05) is 0 Å². The molecule has 0 atom stereocenters. The summed E-state index contributed by atoms with van der Waals surface area (Å²) in [6, 6.07) is 0. The van der Waals surface area contributed by atoms with Crippen LogP contribution in [0.5, 0.6) is 0 Å². The quantitative estimate of drug-likeness (QED) is 0.566. The monoisotopic (exact) mass is 250 g/mol. The van der Waals surface area contributed by atoms with Crippen LogP contribution in [0.2, 0.25) is 0 Å². The molecule has 0 saturated carbocycles. The fraction of sp³-hybridized carbons (Fsp3) is 0.800. The molecular weight excluding hydrogens is 232 g/mol. The number of carbonyl (C=O) groups is 1. The van der Waals surface area contributed by atoms with Crippen molar-refractivity contribution in [2.24, 2.45) is 5.41 Å². The third-order valence-corrected chi connectivity index (χ3v) is 2.44. The largest absolute Gasteiger partial charge is 0.478 e. The standard InChI is InChI=1S/C10H18O3S2/c1-5-12-8(11)6-15-9(14)13-7-10(2,3)4/h5-7H2,1-4H3. The Balaban J connectivity index is 3.62. The van der Waals surface area contributed by atoms with Gasteiger partial charge in [-0.2, -0.15) is 0 Å². The Morgan fingerprint density at radius 2 is 1.93 bits per heavy atom. The van der Waals surface area contributed by atoms with E-state index >= 15 is 0 Å². The molecule has 0 N–H and O–H groups in total. The first-order valence-corrected chi connectivity index (χ1v) is 6.19. The molecule has 0 amide bonds. The number of thioether (sulfide) groups is 1. The van der Waals surface area contributed by atoms with Gasteiger partial charge in [0.15, 0.2) is 0 Å². The maximum atomic E-state index is 11.0. The summed E-state index contributed by atoms with van der Waals surface area (Å²) in [6.45, 7) is 8.91.